The summed E-state index contributed by atoms with van der Waals surface area (Å²) in [6.45, 7) is 5.80. The molecule has 0 aliphatic carbocycles. The van der Waals surface area contributed by atoms with E-state index in [1.54, 1.807) is 18.0 Å². The monoisotopic (exact) mass is 339 g/mol. The molecule has 25 heavy (non-hydrogen) atoms. The van der Waals surface area contributed by atoms with Crippen LogP contribution in [0.1, 0.15) is 12.6 Å². The molecule has 8 heteroatoms. The lowest BCUT2D eigenvalue weighted by Gasteiger charge is -2.37. The highest BCUT2D eigenvalue weighted by molar-refractivity contribution is 5.69. The van der Waals surface area contributed by atoms with Gasteiger partial charge in [0.25, 0.3) is 0 Å². The molecule has 0 spiro atoms. The molecule has 0 N–H and O–H groups in total. The summed E-state index contributed by atoms with van der Waals surface area (Å²) in [7, 11) is 1.63. The molecule has 1 aliphatic rings. The number of hydrogen-bond acceptors (Lipinski definition) is 7. The Morgan fingerprint density at radius 3 is 2.60 bits per heavy atom. The van der Waals surface area contributed by atoms with Crippen molar-refractivity contribution < 1.29 is 4.74 Å². The fourth-order valence-corrected chi connectivity index (χ4v) is 3.15. The minimum atomic E-state index is 0.639. The van der Waals surface area contributed by atoms with Gasteiger partial charge in [-0.05, 0) is 18.6 Å². The number of pyridine rings is 1. The van der Waals surface area contributed by atoms with Crippen molar-refractivity contribution in [3.05, 3.63) is 36.4 Å². The lowest BCUT2D eigenvalue weighted by molar-refractivity contribution is 0.398. The van der Waals surface area contributed by atoms with Crippen molar-refractivity contribution in [2.75, 3.05) is 43.1 Å². The van der Waals surface area contributed by atoms with Crippen LogP contribution in [0, 0.1) is 0 Å². The SMILES string of the molecule is CCc1cc(N2CCN(c3ccc(OC)nc3)CC2)c2nncn2n1. The third-order valence-corrected chi connectivity index (χ3v) is 4.58. The fourth-order valence-electron chi connectivity index (χ4n) is 3.15. The van der Waals surface area contributed by atoms with E-state index in [0.717, 1.165) is 55.3 Å². The van der Waals surface area contributed by atoms with Gasteiger partial charge in [0.15, 0.2) is 0 Å². The minimum Gasteiger partial charge on any atom is -0.481 e. The average molecular weight is 339 g/mol. The van der Waals surface area contributed by atoms with Crippen LogP contribution in [-0.2, 0) is 6.42 Å². The van der Waals surface area contributed by atoms with Crippen molar-refractivity contribution in [3.63, 3.8) is 0 Å². The predicted octanol–water partition coefficient (Wildman–Crippen LogP) is 1.42. The molecule has 1 saturated heterocycles. The first kappa shape index (κ1) is 15.6. The van der Waals surface area contributed by atoms with E-state index in [1.165, 1.54) is 0 Å². The Labute approximate surface area is 146 Å². The number of nitrogens with zero attached hydrogens (tertiary/aromatic N) is 7. The highest BCUT2D eigenvalue weighted by atomic mass is 16.5. The molecule has 130 valence electrons. The average Bonchev–Trinajstić information content (AvgIpc) is 3.16. The zero-order valence-corrected chi connectivity index (χ0v) is 14.5. The Bertz CT molecular complexity index is 853. The van der Waals surface area contributed by atoms with Gasteiger partial charge in [-0.15, -0.1) is 10.2 Å². The van der Waals surface area contributed by atoms with E-state index < -0.39 is 0 Å². The van der Waals surface area contributed by atoms with Gasteiger partial charge in [0.05, 0.1) is 30.4 Å². The number of fused-ring (bicyclic) bond motifs is 1. The van der Waals surface area contributed by atoms with E-state index in [4.69, 9.17) is 4.74 Å². The number of ether oxygens (including phenoxy) is 1. The molecule has 0 atom stereocenters. The molecular weight excluding hydrogens is 318 g/mol. The van der Waals surface area contributed by atoms with Crippen LogP contribution in [0.2, 0.25) is 0 Å². The van der Waals surface area contributed by atoms with Crippen LogP contribution < -0.4 is 14.5 Å². The molecule has 4 rings (SSSR count). The Morgan fingerprint density at radius 2 is 1.92 bits per heavy atom. The Kier molecular flexibility index (Phi) is 4.09. The third kappa shape index (κ3) is 2.95. The van der Waals surface area contributed by atoms with Crippen LogP contribution in [0.3, 0.4) is 0 Å². The van der Waals surface area contributed by atoms with Gasteiger partial charge in [0, 0.05) is 32.2 Å². The first-order chi connectivity index (χ1) is 12.3. The quantitative estimate of drug-likeness (QED) is 0.712. The number of anilines is 2. The van der Waals surface area contributed by atoms with Gasteiger partial charge >= 0.3 is 0 Å². The second-order valence-electron chi connectivity index (χ2n) is 6.01. The highest BCUT2D eigenvalue weighted by Gasteiger charge is 2.21. The molecule has 0 radical (unpaired) electrons. The molecular formula is C17H21N7O. The molecule has 0 aromatic carbocycles. The molecule has 1 fully saturated rings. The van der Waals surface area contributed by atoms with E-state index in [9.17, 15) is 0 Å². The second kappa shape index (κ2) is 6.54. The summed E-state index contributed by atoms with van der Waals surface area (Å²) in [4.78, 5) is 9.00. The summed E-state index contributed by atoms with van der Waals surface area (Å²) in [6.07, 6.45) is 4.42. The number of aryl methyl sites for hydroxylation is 1. The van der Waals surface area contributed by atoms with E-state index >= 15 is 0 Å². The molecule has 8 nitrogen and oxygen atoms in total. The van der Waals surface area contributed by atoms with Crippen molar-refractivity contribution in [2.45, 2.75) is 13.3 Å². The smallest absolute Gasteiger partial charge is 0.213 e. The van der Waals surface area contributed by atoms with Crippen LogP contribution in [0.5, 0.6) is 5.88 Å². The Morgan fingerprint density at radius 1 is 1.12 bits per heavy atom. The summed E-state index contributed by atoms with van der Waals surface area (Å²) in [5.74, 6) is 0.639. The van der Waals surface area contributed by atoms with Crippen molar-refractivity contribution in [2.24, 2.45) is 0 Å². The normalized spacial score (nSPS) is 15.0. The molecule has 0 unspecified atom stereocenters. The van der Waals surface area contributed by atoms with Gasteiger partial charge < -0.3 is 14.5 Å². The lowest BCUT2D eigenvalue weighted by atomic mass is 10.2. The van der Waals surface area contributed by atoms with Crippen molar-refractivity contribution in [3.8, 4) is 5.88 Å². The summed E-state index contributed by atoms with van der Waals surface area (Å²) >= 11 is 0. The summed E-state index contributed by atoms with van der Waals surface area (Å²) in [5, 5.41) is 12.8. The van der Waals surface area contributed by atoms with Crippen LogP contribution in [0.4, 0.5) is 11.4 Å². The number of hydrogen-bond donors (Lipinski definition) is 0. The van der Waals surface area contributed by atoms with Gasteiger partial charge in [0.1, 0.15) is 6.33 Å². The molecule has 0 saturated carbocycles. The molecule has 0 amide bonds. The van der Waals surface area contributed by atoms with Gasteiger partial charge in [-0.3, -0.25) is 0 Å². The van der Waals surface area contributed by atoms with Gasteiger partial charge in [-0.2, -0.15) is 9.61 Å². The van der Waals surface area contributed by atoms with Crippen LogP contribution in [0.15, 0.2) is 30.7 Å². The highest BCUT2D eigenvalue weighted by Crippen LogP contribution is 2.24. The number of piperazine rings is 1. The number of methoxy groups -OCH3 is 1. The standard InChI is InChI=1S/C17H21N7O/c1-3-13-10-15(17-20-19-12-24(17)21-13)23-8-6-22(7-9-23)14-4-5-16(25-2)18-11-14/h4-5,10-12H,3,6-9H2,1-2H3. The zero-order chi connectivity index (χ0) is 17.2. The summed E-state index contributed by atoms with van der Waals surface area (Å²) in [6, 6.07) is 6.09. The fraction of sp³-hybridized carbons (Fsp3) is 0.412. The van der Waals surface area contributed by atoms with E-state index in [1.807, 2.05) is 12.3 Å². The number of aromatic nitrogens is 5. The molecule has 0 bridgehead atoms. The maximum Gasteiger partial charge on any atom is 0.213 e. The predicted molar refractivity (Wildman–Crippen MR) is 95.4 cm³/mol. The lowest BCUT2D eigenvalue weighted by Crippen LogP contribution is -2.46. The Balaban J connectivity index is 1.52. The minimum absolute atomic E-state index is 0.639. The largest absolute Gasteiger partial charge is 0.481 e. The van der Waals surface area contributed by atoms with E-state index in [-0.39, 0.29) is 0 Å². The molecule has 3 aromatic heterocycles. The topological polar surface area (TPSA) is 71.7 Å². The molecule has 4 heterocycles. The third-order valence-electron chi connectivity index (χ3n) is 4.58. The van der Waals surface area contributed by atoms with Gasteiger partial charge in [0.2, 0.25) is 11.5 Å². The first-order valence-corrected chi connectivity index (χ1v) is 8.48. The van der Waals surface area contributed by atoms with Crippen molar-refractivity contribution in [1.29, 1.82) is 0 Å². The van der Waals surface area contributed by atoms with Gasteiger partial charge in [-0.1, -0.05) is 6.92 Å². The van der Waals surface area contributed by atoms with Crippen LogP contribution >= 0.6 is 0 Å². The first-order valence-electron chi connectivity index (χ1n) is 8.48. The van der Waals surface area contributed by atoms with E-state index in [0.29, 0.717) is 5.88 Å². The molecule has 3 aromatic rings. The van der Waals surface area contributed by atoms with Crippen LogP contribution in [-0.4, -0.2) is 58.1 Å². The van der Waals surface area contributed by atoms with Crippen molar-refractivity contribution >= 4 is 17.0 Å². The van der Waals surface area contributed by atoms with Gasteiger partial charge in [-0.25, -0.2) is 4.98 Å². The zero-order valence-electron chi connectivity index (χ0n) is 14.5. The summed E-state index contributed by atoms with van der Waals surface area (Å²) in [5.41, 5.74) is 4.09. The molecule has 1 aliphatic heterocycles. The van der Waals surface area contributed by atoms with Crippen molar-refractivity contribution in [1.82, 2.24) is 24.8 Å². The van der Waals surface area contributed by atoms with Crippen LogP contribution in [0.25, 0.3) is 5.65 Å². The second-order valence-corrected chi connectivity index (χ2v) is 6.01. The van der Waals surface area contributed by atoms with E-state index in [2.05, 4.69) is 49.1 Å². The summed E-state index contributed by atoms with van der Waals surface area (Å²) < 4.78 is 6.90. The maximum atomic E-state index is 5.13. The maximum absolute atomic E-state index is 5.13. The number of rotatable bonds is 4. The Hall–Kier alpha value is -2.90.